The second-order valence-electron chi connectivity index (χ2n) is 7.05. The number of pyridine rings is 1. The highest BCUT2D eigenvalue weighted by Gasteiger charge is 2.22. The molecule has 1 amide bonds. The molecule has 1 N–H and O–H groups in total. The van der Waals surface area contributed by atoms with Gasteiger partial charge >= 0.3 is 0 Å². The molecule has 1 aromatic heterocycles. The lowest BCUT2D eigenvalue weighted by Gasteiger charge is -2.31. The summed E-state index contributed by atoms with van der Waals surface area (Å²) in [5.41, 5.74) is 1.94. The van der Waals surface area contributed by atoms with Crippen LogP contribution in [0.3, 0.4) is 0 Å². The molecule has 138 valence electrons. The van der Waals surface area contributed by atoms with Crippen LogP contribution >= 0.6 is 0 Å². The Labute approximate surface area is 155 Å². The van der Waals surface area contributed by atoms with E-state index in [0.717, 1.165) is 37.4 Å². The SMILES string of the molecule is CC(C)Oc1cccc(NC(=O)CN2CCC(c3ccccn3)CC2)c1. The Morgan fingerprint density at radius 2 is 2.04 bits per heavy atom. The van der Waals surface area contributed by atoms with E-state index in [2.05, 4.69) is 21.3 Å². The van der Waals surface area contributed by atoms with Gasteiger partial charge in [-0.2, -0.15) is 0 Å². The van der Waals surface area contributed by atoms with Gasteiger partial charge in [0.05, 0.1) is 12.6 Å². The molecule has 0 bridgehead atoms. The fourth-order valence-corrected chi connectivity index (χ4v) is 3.33. The van der Waals surface area contributed by atoms with Gasteiger partial charge in [-0.25, -0.2) is 0 Å². The minimum absolute atomic E-state index is 0.0167. The zero-order valence-corrected chi connectivity index (χ0v) is 15.5. The van der Waals surface area contributed by atoms with Crippen molar-refractivity contribution in [3.8, 4) is 5.75 Å². The summed E-state index contributed by atoms with van der Waals surface area (Å²) in [7, 11) is 0. The third-order valence-corrected chi connectivity index (χ3v) is 4.55. The van der Waals surface area contributed by atoms with Crippen LogP contribution in [0.5, 0.6) is 5.75 Å². The molecule has 0 unspecified atom stereocenters. The topological polar surface area (TPSA) is 54.5 Å². The van der Waals surface area contributed by atoms with Crippen molar-refractivity contribution < 1.29 is 9.53 Å². The Morgan fingerprint density at radius 3 is 2.73 bits per heavy atom. The van der Waals surface area contributed by atoms with E-state index in [1.165, 1.54) is 5.69 Å². The number of aromatic nitrogens is 1. The number of amides is 1. The van der Waals surface area contributed by atoms with Gasteiger partial charge in [-0.3, -0.25) is 14.7 Å². The van der Waals surface area contributed by atoms with Gasteiger partial charge in [0.15, 0.2) is 0 Å². The second-order valence-corrected chi connectivity index (χ2v) is 7.05. The first-order valence-corrected chi connectivity index (χ1v) is 9.30. The fourth-order valence-electron chi connectivity index (χ4n) is 3.33. The second kappa shape index (κ2) is 8.81. The largest absolute Gasteiger partial charge is 0.491 e. The van der Waals surface area contributed by atoms with Crippen LogP contribution in [0.4, 0.5) is 5.69 Å². The molecular weight excluding hydrogens is 326 g/mol. The number of anilines is 1. The minimum atomic E-state index is 0.0167. The van der Waals surface area contributed by atoms with Crippen LogP contribution in [0, 0.1) is 0 Å². The van der Waals surface area contributed by atoms with E-state index in [1.54, 1.807) is 0 Å². The molecule has 5 nitrogen and oxygen atoms in total. The number of carbonyl (C=O) groups is 1. The number of rotatable bonds is 6. The molecule has 5 heteroatoms. The highest BCUT2D eigenvalue weighted by atomic mass is 16.5. The van der Waals surface area contributed by atoms with Crippen LogP contribution in [0.15, 0.2) is 48.7 Å². The third kappa shape index (κ3) is 5.30. The molecule has 2 aromatic rings. The maximum absolute atomic E-state index is 12.4. The van der Waals surface area contributed by atoms with Crippen molar-refractivity contribution in [2.24, 2.45) is 0 Å². The van der Waals surface area contributed by atoms with Crippen LogP contribution in [-0.2, 0) is 4.79 Å². The van der Waals surface area contributed by atoms with Crippen molar-refractivity contribution >= 4 is 11.6 Å². The molecule has 1 aromatic carbocycles. The number of piperidine rings is 1. The van der Waals surface area contributed by atoms with Gasteiger partial charge in [0.25, 0.3) is 0 Å². The van der Waals surface area contributed by atoms with Gasteiger partial charge in [0.2, 0.25) is 5.91 Å². The zero-order chi connectivity index (χ0) is 18.4. The van der Waals surface area contributed by atoms with Crippen molar-refractivity contribution in [2.75, 3.05) is 25.0 Å². The van der Waals surface area contributed by atoms with Crippen molar-refractivity contribution in [2.45, 2.75) is 38.7 Å². The summed E-state index contributed by atoms with van der Waals surface area (Å²) in [5, 5.41) is 2.97. The van der Waals surface area contributed by atoms with Gasteiger partial charge < -0.3 is 10.1 Å². The van der Waals surface area contributed by atoms with Crippen LogP contribution in [0.1, 0.15) is 38.3 Å². The predicted molar refractivity (Wildman–Crippen MR) is 103 cm³/mol. The molecular formula is C21H27N3O2. The van der Waals surface area contributed by atoms with Crippen molar-refractivity contribution in [1.82, 2.24) is 9.88 Å². The summed E-state index contributed by atoms with van der Waals surface area (Å²) >= 11 is 0. The number of carbonyl (C=O) groups excluding carboxylic acids is 1. The van der Waals surface area contributed by atoms with E-state index in [1.807, 2.05) is 56.4 Å². The first-order valence-electron chi connectivity index (χ1n) is 9.30. The Bertz CT molecular complexity index is 710. The van der Waals surface area contributed by atoms with Crippen LogP contribution in [0.2, 0.25) is 0 Å². The van der Waals surface area contributed by atoms with E-state index in [4.69, 9.17) is 4.74 Å². The summed E-state index contributed by atoms with van der Waals surface area (Å²) in [6, 6.07) is 13.6. The molecule has 0 saturated carbocycles. The number of nitrogens with one attached hydrogen (secondary N) is 1. The average molecular weight is 353 g/mol. The number of ether oxygens (including phenoxy) is 1. The number of hydrogen-bond acceptors (Lipinski definition) is 4. The number of benzene rings is 1. The molecule has 0 atom stereocenters. The van der Waals surface area contributed by atoms with E-state index in [9.17, 15) is 4.79 Å². The van der Waals surface area contributed by atoms with Gasteiger partial charge in [-0.15, -0.1) is 0 Å². The molecule has 1 aliphatic rings. The van der Waals surface area contributed by atoms with Crippen molar-refractivity contribution in [1.29, 1.82) is 0 Å². The Kier molecular flexibility index (Phi) is 6.23. The summed E-state index contributed by atoms with van der Waals surface area (Å²) in [5.74, 6) is 1.29. The molecule has 26 heavy (non-hydrogen) atoms. The van der Waals surface area contributed by atoms with Gasteiger partial charge in [-0.05, 0) is 64.0 Å². The summed E-state index contributed by atoms with van der Waals surface area (Å²) in [4.78, 5) is 19.0. The standard InChI is InChI=1S/C21H27N3O2/c1-16(2)26-19-7-5-6-18(14-19)23-21(25)15-24-12-9-17(10-13-24)20-8-3-4-11-22-20/h3-8,11,14,16-17H,9-10,12-13,15H2,1-2H3,(H,23,25). The summed E-state index contributed by atoms with van der Waals surface area (Å²) < 4.78 is 5.67. The smallest absolute Gasteiger partial charge is 0.238 e. The minimum Gasteiger partial charge on any atom is -0.491 e. The van der Waals surface area contributed by atoms with Crippen LogP contribution in [-0.4, -0.2) is 41.5 Å². The van der Waals surface area contributed by atoms with E-state index >= 15 is 0 Å². The summed E-state index contributed by atoms with van der Waals surface area (Å²) in [6.45, 7) is 6.24. The summed E-state index contributed by atoms with van der Waals surface area (Å²) in [6.07, 6.45) is 4.05. The Balaban J connectivity index is 1.47. The van der Waals surface area contributed by atoms with E-state index < -0.39 is 0 Å². The lowest BCUT2D eigenvalue weighted by Crippen LogP contribution is -2.38. The monoisotopic (exact) mass is 353 g/mol. The maximum Gasteiger partial charge on any atom is 0.238 e. The van der Waals surface area contributed by atoms with Gasteiger partial charge in [0.1, 0.15) is 5.75 Å². The number of likely N-dealkylation sites (tertiary alicyclic amines) is 1. The average Bonchev–Trinajstić information content (AvgIpc) is 2.63. The van der Waals surface area contributed by atoms with Gasteiger partial charge in [-0.1, -0.05) is 12.1 Å². The highest BCUT2D eigenvalue weighted by molar-refractivity contribution is 5.92. The lowest BCUT2D eigenvalue weighted by atomic mass is 9.93. The molecule has 1 fully saturated rings. The highest BCUT2D eigenvalue weighted by Crippen LogP contribution is 2.26. The molecule has 2 heterocycles. The number of nitrogens with zero attached hydrogens (tertiary/aromatic N) is 2. The maximum atomic E-state index is 12.4. The lowest BCUT2D eigenvalue weighted by molar-refractivity contribution is -0.117. The van der Waals surface area contributed by atoms with Crippen LogP contribution in [0.25, 0.3) is 0 Å². The quantitative estimate of drug-likeness (QED) is 0.861. The molecule has 1 aliphatic heterocycles. The van der Waals surface area contributed by atoms with E-state index in [0.29, 0.717) is 12.5 Å². The Hall–Kier alpha value is -2.40. The molecule has 1 saturated heterocycles. The normalized spacial score (nSPS) is 15.8. The first kappa shape index (κ1) is 18.4. The molecule has 0 aliphatic carbocycles. The fraction of sp³-hybridized carbons (Fsp3) is 0.429. The first-order chi connectivity index (χ1) is 12.6. The van der Waals surface area contributed by atoms with Crippen molar-refractivity contribution in [3.05, 3.63) is 54.4 Å². The van der Waals surface area contributed by atoms with Gasteiger partial charge in [0, 0.05) is 29.6 Å². The van der Waals surface area contributed by atoms with Crippen molar-refractivity contribution in [3.63, 3.8) is 0 Å². The van der Waals surface area contributed by atoms with E-state index in [-0.39, 0.29) is 12.0 Å². The number of hydrogen-bond donors (Lipinski definition) is 1. The molecule has 3 rings (SSSR count). The third-order valence-electron chi connectivity index (χ3n) is 4.55. The molecule has 0 radical (unpaired) electrons. The molecule has 0 spiro atoms. The van der Waals surface area contributed by atoms with Crippen LogP contribution < -0.4 is 10.1 Å². The predicted octanol–water partition coefficient (Wildman–Crippen LogP) is 3.69. The Morgan fingerprint density at radius 1 is 1.23 bits per heavy atom. The zero-order valence-electron chi connectivity index (χ0n) is 15.5.